The Balaban J connectivity index is 1.54. The first-order valence-electron chi connectivity index (χ1n) is 12.4. The molecule has 2 aromatic rings. The minimum absolute atomic E-state index is 0.0744. The lowest BCUT2D eigenvalue weighted by atomic mass is 9.76. The third-order valence-electron chi connectivity index (χ3n) is 7.34. The number of halogens is 4. The van der Waals surface area contributed by atoms with Gasteiger partial charge in [0, 0.05) is 13.7 Å². The van der Waals surface area contributed by atoms with Crippen LogP contribution in [0.15, 0.2) is 48.5 Å². The maximum absolute atomic E-state index is 13.4. The molecule has 2 aliphatic heterocycles. The topological polar surface area (TPSA) is 79.9 Å². The van der Waals surface area contributed by atoms with E-state index >= 15 is 0 Å². The number of carbonyl (C=O) groups is 2. The number of urea groups is 1. The van der Waals surface area contributed by atoms with Gasteiger partial charge < -0.3 is 20.1 Å². The summed E-state index contributed by atoms with van der Waals surface area (Å²) in [5, 5.41) is 6.24. The molecule has 0 aromatic heterocycles. The number of imide groups is 1. The maximum atomic E-state index is 13.4. The predicted octanol–water partition coefficient (Wildman–Crippen LogP) is 4.47. The molecular formula is C27H31F4N3O4. The lowest BCUT2D eigenvalue weighted by molar-refractivity contribution is -0.138. The highest BCUT2D eigenvalue weighted by atomic mass is 19.4. The maximum Gasteiger partial charge on any atom is 0.416 e. The van der Waals surface area contributed by atoms with Gasteiger partial charge in [-0.2, -0.15) is 13.2 Å². The Morgan fingerprint density at radius 2 is 1.84 bits per heavy atom. The smallest absolute Gasteiger partial charge is 0.383 e. The molecule has 11 heteroatoms. The zero-order valence-corrected chi connectivity index (χ0v) is 21.2. The molecule has 2 aliphatic rings. The minimum Gasteiger partial charge on any atom is -0.383 e. The molecule has 0 aliphatic carbocycles. The number of piperidine rings is 1. The van der Waals surface area contributed by atoms with Crippen molar-refractivity contribution in [2.45, 2.75) is 49.8 Å². The van der Waals surface area contributed by atoms with Gasteiger partial charge in [0.1, 0.15) is 12.2 Å². The molecule has 2 N–H and O–H groups in total. The van der Waals surface area contributed by atoms with Crippen LogP contribution in [0.3, 0.4) is 0 Å². The van der Waals surface area contributed by atoms with Crippen molar-refractivity contribution in [2.75, 3.05) is 33.4 Å². The van der Waals surface area contributed by atoms with Crippen LogP contribution in [0.5, 0.6) is 0 Å². The second-order valence-corrected chi connectivity index (χ2v) is 9.81. The molecule has 3 atom stereocenters. The summed E-state index contributed by atoms with van der Waals surface area (Å²) in [6.45, 7) is 1.18. The van der Waals surface area contributed by atoms with Crippen LogP contribution in [0.25, 0.3) is 0 Å². The van der Waals surface area contributed by atoms with Crippen LogP contribution in [0.4, 0.5) is 22.4 Å². The quantitative estimate of drug-likeness (QED) is 0.365. The van der Waals surface area contributed by atoms with E-state index in [0.29, 0.717) is 12.8 Å². The molecule has 3 amide bonds. The van der Waals surface area contributed by atoms with Crippen LogP contribution in [0.1, 0.15) is 48.1 Å². The van der Waals surface area contributed by atoms with Crippen LogP contribution >= 0.6 is 0 Å². The summed E-state index contributed by atoms with van der Waals surface area (Å²) >= 11 is 0. The second kappa shape index (κ2) is 11.0. The molecule has 1 spiro atoms. The van der Waals surface area contributed by atoms with Crippen LogP contribution in [-0.2, 0) is 32.7 Å². The molecule has 7 nitrogen and oxygen atoms in total. The summed E-state index contributed by atoms with van der Waals surface area (Å²) in [5.74, 6) is -0.328. The SMILES string of the molecule is COCCN1C(=O)N[C@@]2(CC[C@@](CO[C@H](C)c3cc(CF)cc(C(F)(F)F)c3)(c3ccccc3)NC2)C1=O. The highest BCUT2D eigenvalue weighted by molar-refractivity contribution is 6.07. The van der Waals surface area contributed by atoms with Crippen molar-refractivity contribution in [3.63, 3.8) is 0 Å². The Morgan fingerprint density at radius 1 is 1.11 bits per heavy atom. The number of nitrogens with one attached hydrogen (secondary N) is 2. The zero-order valence-electron chi connectivity index (χ0n) is 21.2. The molecular weight excluding hydrogens is 506 g/mol. The number of rotatable bonds is 9. The van der Waals surface area contributed by atoms with E-state index in [-0.39, 0.29) is 43.3 Å². The summed E-state index contributed by atoms with van der Waals surface area (Å²) in [7, 11) is 1.49. The average Bonchev–Trinajstić information content (AvgIpc) is 3.15. The Kier molecular flexibility index (Phi) is 8.10. The van der Waals surface area contributed by atoms with Crippen LogP contribution in [-0.4, -0.2) is 55.8 Å². The van der Waals surface area contributed by atoms with E-state index in [1.54, 1.807) is 6.92 Å². The molecule has 38 heavy (non-hydrogen) atoms. The Labute approximate surface area is 218 Å². The number of benzene rings is 2. The molecule has 2 aromatic carbocycles. The summed E-state index contributed by atoms with van der Waals surface area (Å²) in [6, 6.07) is 12.1. The molecule has 4 rings (SSSR count). The van der Waals surface area contributed by atoms with E-state index in [2.05, 4.69) is 10.6 Å². The Morgan fingerprint density at radius 3 is 2.45 bits per heavy atom. The van der Waals surface area contributed by atoms with Gasteiger partial charge in [-0.15, -0.1) is 0 Å². The van der Waals surface area contributed by atoms with Crippen LogP contribution < -0.4 is 10.6 Å². The lowest BCUT2D eigenvalue weighted by Gasteiger charge is -2.45. The monoisotopic (exact) mass is 537 g/mol. The molecule has 2 heterocycles. The van der Waals surface area contributed by atoms with Gasteiger partial charge in [-0.05, 0) is 48.6 Å². The van der Waals surface area contributed by atoms with Crippen molar-refractivity contribution < 1.29 is 36.6 Å². The molecule has 0 bridgehead atoms. The van der Waals surface area contributed by atoms with Crippen LogP contribution in [0.2, 0.25) is 0 Å². The van der Waals surface area contributed by atoms with Gasteiger partial charge in [0.25, 0.3) is 5.91 Å². The highest BCUT2D eigenvalue weighted by Crippen LogP contribution is 2.39. The number of hydrogen-bond acceptors (Lipinski definition) is 5. The molecule has 2 fully saturated rings. The lowest BCUT2D eigenvalue weighted by Crippen LogP contribution is -2.64. The number of amides is 3. The van der Waals surface area contributed by atoms with Crippen molar-refractivity contribution in [2.24, 2.45) is 0 Å². The minimum atomic E-state index is -4.61. The highest BCUT2D eigenvalue weighted by Gasteiger charge is 2.55. The normalized spacial score (nSPS) is 24.6. The van der Waals surface area contributed by atoms with Gasteiger partial charge in [0.15, 0.2) is 0 Å². The van der Waals surface area contributed by atoms with E-state index in [1.807, 2.05) is 30.3 Å². The van der Waals surface area contributed by atoms with Crippen LogP contribution in [0, 0.1) is 0 Å². The summed E-state index contributed by atoms with van der Waals surface area (Å²) in [6.07, 6.45) is -4.64. The summed E-state index contributed by atoms with van der Waals surface area (Å²) in [5.41, 5.74) is -1.78. The van der Waals surface area contributed by atoms with Gasteiger partial charge in [-0.25, -0.2) is 9.18 Å². The predicted molar refractivity (Wildman–Crippen MR) is 131 cm³/mol. The van der Waals surface area contributed by atoms with Gasteiger partial charge in [-0.1, -0.05) is 36.4 Å². The van der Waals surface area contributed by atoms with Crippen molar-refractivity contribution >= 4 is 11.9 Å². The third kappa shape index (κ3) is 5.55. The zero-order chi connectivity index (χ0) is 27.6. The standard InChI is InChI=1S/C27H31F4N3O4/c1-18(20-12-19(15-28)13-22(14-20)27(29,30)31)38-17-26(21-6-4-3-5-7-21)9-8-25(16-32-26)23(35)34(10-11-37-2)24(36)33-25/h3-7,12-14,18,32H,8-11,15-17H2,1-2H3,(H,33,36)/t18-,25-,26-/m1/s1. The fraction of sp³-hybridized carbons (Fsp3) is 0.481. The number of alkyl halides is 4. The van der Waals surface area contributed by atoms with Gasteiger partial charge in [0.2, 0.25) is 0 Å². The Bertz CT molecular complexity index is 1150. The molecule has 0 saturated carbocycles. The summed E-state index contributed by atoms with van der Waals surface area (Å²) in [4.78, 5) is 26.8. The van der Waals surface area contributed by atoms with Crippen molar-refractivity contribution in [3.05, 3.63) is 70.8 Å². The number of carbonyl (C=O) groups excluding carboxylic acids is 2. The molecule has 206 valence electrons. The number of ether oxygens (including phenoxy) is 2. The number of nitrogens with zero attached hydrogens (tertiary/aromatic N) is 1. The average molecular weight is 538 g/mol. The van der Waals surface area contributed by atoms with E-state index < -0.39 is 41.6 Å². The second-order valence-electron chi connectivity index (χ2n) is 9.81. The fourth-order valence-corrected chi connectivity index (χ4v) is 5.04. The van der Waals surface area contributed by atoms with E-state index in [1.165, 1.54) is 13.2 Å². The van der Waals surface area contributed by atoms with E-state index in [9.17, 15) is 27.2 Å². The molecule has 2 saturated heterocycles. The van der Waals surface area contributed by atoms with Crippen molar-refractivity contribution in [3.8, 4) is 0 Å². The van der Waals surface area contributed by atoms with Crippen molar-refractivity contribution in [1.82, 2.24) is 15.5 Å². The third-order valence-corrected chi connectivity index (χ3v) is 7.34. The Hall–Kier alpha value is -3.02. The first kappa shape index (κ1) is 28.0. The first-order chi connectivity index (χ1) is 18.0. The van der Waals surface area contributed by atoms with Gasteiger partial charge >= 0.3 is 12.2 Å². The fourth-order valence-electron chi connectivity index (χ4n) is 5.04. The van der Waals surface area contributed by atoms with Gasteiger partial charge in [-0.3, -0.25) is 9.69 Å². The van der Waals surface area contributed by atoms with Gasteiger partial charge in [0.05, 0.1) is 37.0 Å². The number of methoxy groups -OCH3 is 1. The molecule has 0 radical (unpaired) electrons. The summed E-state index contributed by atoms with van der Waals surface area (Å²) < 4.78 is 64.5. The van der Waals surface area contributed by atoms with E-state index in [4.69, 9.17) is 9.47 Å². The molecule has 0 unspecified atom stereocenters. The largest absolute Gasteiger partial charge is 0.416 e. The van der Waals surface area contributed by atoms with E-state index in [0.717, 1.165) is 22.6 Å². The van der Waals surface area contributed by atoms with Crippen molar-refractivity contribution in [1.29, 1.82) is 0 Å². The number of hydrogen-bond donors (Lipinski definition) is 2. The first-order valence-corrected chi connectivity index (χ1v) is 12.4.